The van der Waals surface area contributed by atoms with E-state index in [9.17, 15) is 24.0 Å². The average Bonchev–Trinajstić information content (AvgIpc) is 3.47. The first-order chi connectivity index (χ1) is 18.9. The molecular weight excluding hydrogens is 504 g/mol. The number of unbranched alkanes of at least 4 members (excludes halogenated alkanes) is 1. The number of hydrogen-bond acceptors (Lipinski definition) is 7. The second kappa shape index (κ2) is 12.5. The molecule has 39 heavy (non-hydrogen) atoms. The van der Waals surface area contributed by atoms with E-state index in [0.29, 0.717) is 24.1 Å². The van der Waals surface area contributed by atoms with Gasteiger partial charge in [0.2, 0.25) is 11.8 Å². The largest absolute Gasteiger partial charge is 0.467 e. The molecule has 0 atom stereocenters. The van der Waals surface area contributed by atoms with E-state index < -0.39 is 23.1 Å². The monoisotopic (exact) mass is 532 g/mol. The summed E-state index contributed by atoms with van der Waals surface area (Å²) < 4.78 is 12.3. The van der Waals surface area contributed by atoms with Crippen LogP contribution in [0.1, 0.15) is 35.4 Å². The summed E-state index contributed by atoms with van der Waals surface area (Å²) in [6.07, 6.45) is 2.60. The van der Waals surface area contributed by atoms with Crippen molar-refractivity contribution in [3.8, 4) is 0 Å². The Morgan fingerprint density at radius 2 is 1.67 bits per heavy atom. The minimum absolute atomic E-state index is 0.0841. The quantitative estimate of drug-likeness (QED) is 0.223. The van der Waals surface area contributed by atoms with E-state index in [0.717, 1.165) is 4.57 Å². The number of anilines is 1. The number of hydrogen-bond donors (Lipinski definition) is 2. The van der Waals surface area contributed by atoms with Gasteiger partial charge in [0, 0.05) is 13.0 Å². The van der Waals surface area contributed by atoms with Crippen LogP contribution in [0.3, 0.4) is 0 Å². The van der Waals surface area contributed by atoms with Gasteiger partial charge in [0.25, 0.3) is 5.56 Å². The topological polar surface area (TPSA) is 142 Å². The molecule has 202 valence electrons. The van der Waals surface area contributed by atoms with Crippen LogP contribution in [-0.4, -0.2) is 34.0 Å². The average molecular weight is 533 g/mol. The number of nitrogens with zero attached hydrogens (tertiary/aromatic N) is 2. The molecule has 0 saturated carbocycles. The molecule has 0 aliphatic heterocycles. The first-order valence-corrected chi connectivity index (χ1v) is 12.4. The molecule has 2 heterocycles. The molecule has 0 radical (unpaired) electrons. The lowest BCUT2D eigenvalue weighted by Gasteiger charge is -2.15. The van der Waals surface area contributed by atoms with Crippen LogP contribution in [0.2, 0.25) is 0 Å². The van der Waals surface area contributed by atoms with Crippen molar-refractivity contribution < 1.29 is 23.5 Å². The molecule has 0 aliphatic rings. The lowest BCUT2D eigenvalue weighted by atomic mass is 10.2. The highest BCUT2D eigenvalue weighted by Gasteiger charge is 2.17. The van der Waals surface area contributed by atoms with Crippen LogP contribution in [0, 0.1) is 0 Å². The number of methoxy groups -OCH3 is 1. The summed E-state index contributed by atoms with van der Waals surface area (Å²) in [5.41, 5.74) is -0.380. The minimum Gasteiger partial charge on any atom is -0.467 e. The smallest absolute Gasteiger partial charge is 0.339 e. The summed E-state index contributed by atoms with van der Waals surface area (Å²) in [5, 5.41) is 5.69. The molecule has 0 bridgehead atoms. The Hall–Kier alpha value is -4.93. The number of ether oxygens (including phenoxy) is 1. The zero-order chi connectivity index (χ0) is 27.8. The third-order valence-electron chi connectivity index (χ3n) is 6.12. The maximum absolute atomic E-state index is 13.4. The molecule has 0 fully saturated rings. The lowest BCUT2D eigenvalue weighted by Crippen LogP contribution is -2.41. The molecule has 11 heteroatoms. The zero-order valence-electron chi connectivity index (χ0n) is 21.3. The van der Waals surface area contributed by atoms with Crippen molar-refractivity contribution in [1.29, 1.82) is 0 Å². The van der Waals surface area contributed by atoms with Crippen molar-refractivity contribution in [2.75, 3.05) is 12.4 Å². The number of carbonyl (C=O) groups excluding carboxylic acids is 3. The van der Waals surface area contributed by atoms with Crippen molar-refractivity contribution in [1.82, 2.24) is 14.5 Å². The molecule has 2 aromatic heterocycles. The maximum atomic E-state index is 13.4. The molecule has 11 nitrogen and oxygen atoms in total. The van der Waals surface area contributed by atoms with Gasteiger partial charge >= 0.3 is 11.7 Å². The lowest BCUT2D eigenvalue weighted by molar-refractivity contribution is -0.121. The van der Waals surface area contributed by atoms with E-state index in [-0.39, 0.29) is 48.6 Å². The summed E-state index contributed by atoms with van der Waals surface area (Å²) in [5.74, 6) is -0.697. The number of para-hydroxylation sites is 2. The Bertz CT molecular complexity index is 1600. The molecule has 2 amide bonds. The number of amides is 2. The van der Waals surface area contributed by atoms with E-state index in [1.807, 2.05) is 0 Å². The van der Waals surface area contributed by atoms with Crippen LogP contribution < -0.4 is 21.9 Å². The summed E-state index contributed by atoms with van der Waals surface area (Å²) in [6, 6.07) is 16.4. The number of furan rings is 1. The second-order valence-corrected chi connectivity index (χ2v) is 8.74. The number of benzene rings is 2. The highest BCUT2D eigenvalue weighted by Crippen LogP contribution is 2.16. The Labute approximate surface area is 223 Å². The fraction of sp³-hybridized carbons (Fsp3) is 0.250. The number of nitrogens with one attached hydrogen (secondary N) is 2. The minimum atomic E-state index is -0.641. The standard InChI is InChI=1S/C28H28N4O7/c1-38-27(36)20-10-2-4-12-22(20)30-25(34)18-32-23-13-5-3-11-21(23)26(35)31(28(32)37)15-7-6-14-24(33)29-17-19-9-8-16-39-19/h2-5,8-13,16H,6-7,14-15,17-18H2,1H3,(H,29,33)(H,30,34). The normalized spacial score (nSPS) is 10.8. The Morgan fingerprint density at radius 1 is 0.897 bits per heavy atom. The van der Waals surface area contributed by atoms with Crippen molar-refractivity contribution in [2.24, 2.45) is 0 Å². The second-order valence-electron chi connectivity index (χ2n) is 8.74. The highest BCUT2D eigenvalue weighted by molar-refractivity contribution is 6.01. The summed E-state index contributed by atoms with van der Waals surface area (Å²) in [4.78, 5) is 63.6. The van der Waals surface area contributed by atoms with Crippen LogP contribution in [0.25, 0.3) is 10.9 Å². The van der Waals surface area contributed by atoms with Gasteiger partial charge in [-0.15, -0.1) is 0 Å². The van der Waals surface area contributed by atoms with Crippen molar-refractivity contribution in [3.63, 3.8) is 0 Å². The third-order valence-corrected chi connectivity index (χ3v) is 6.12. The fourth-order valence-electron chi connectivity index (χ4n) is 4.18. The van der Waals surface area contributed by atoms with E-state index in [2.05, 4.69) is 10.6 Å². The van der Waals surface area contributed by atoms with Gasteiger partial charge in [0.05, 0.1) is 42.1 Å². The van der Waals surface area contributed by atoms with Crippen LogP contribution in [-0.2, 0) is 34.0 Å². The van der Waals surface area contributed by atoms with Crippen molar-refractivity contribution >= 4 is 34.4 Å². The van der Waals surface area contributed by atoms with Crippen LogP contribution in [0.15, 0.2) is 80.9 Å². The molecule has 4 aromatic rings. The molecule has 0 saturated heterocycles. The van der Waals surface area contributed by atoms with E-state index >= 15 is 0 Å². The summed E-state index contributed by atoms with van der Waals surface area (Å²) in [6.45, 7) is -0.0160. The first kappa shape index (κ1) is 27.1. The van der Waals surface area contributed by atoms with Gasteiger partial charge in [-0.05, 0) is 49.2 Å². The van der Waals surface area contributed by atoms with E-state index in [1.54, 1.807) is 54.6 Å². The van der Waals surface area contributed by atoms with E-state index in [4.69, 9.17) is 9.15 Å². The predicted molar refractivity (Wildman–Crippen MR) is 143 cm³/mol. The van der Waals surface area contributed by atoms with Crippen molar-refractivity contribution in [2.45, 2.75) is 38.9 Å². The molecule has 0 aliphatic carbocycles. The van der Waals surface area contributed by atoms with E-state index in [1.165, 1.54) is 24.0 Å². The van der Waals surface area contributed by atoms with Crippen LogP contribution in [0.4, 0.5) is 5.69 Å². The molecule has 0 unspecified atom stereocenters. The Morgan fingerprint density at radius 3 is 2.44 bits per heavy atom. The predicted octanol–water partition coefficient (Wildman–Crippen LogP) is 2.67. The Balaban J connectivity index is 1.48. The number of rotatable bonds is 11. The molecule has 2 N–H and O–H groups in total. The highest BCUT2D eigenvalue weighted by atomic mass is 16.5. The van der Waals surface area contributed by atoms with Gasteiger partial charge in [-0.1, -0.05) is 24.3 Å². The number of carbonyl (C=O) groups is 3. The van der Waals surface area contributed by atoms with Gasteiger partial charge in [-0.3, -0.25) is 23.5 Å². The zero-order valence-corrected chi connectivity index (χ0v) is 21.3. The summed E-state index contributed by atoms with van der Waals surface area (Å²) in [7, 11) is 1.24. The molecule has 2 aromatic carbocycles. The molecule has 4 rings (SSSR count). The van der Waals surface area contributed by atoms with Gasteiger partial charge < -0.3 is 19.8 Å². The van der Waals surface area contributed by atoms with Gasteiger partial charge in [0.1, 0.15) is 12.3 Å². The SMILES string of the molecule is COC(=O)c1ccccc1NC(=O)Cn1c(=O)n(CCCCC(=O)NCc2ccco2)c(=O)c2ccccc21. The van der Waals surface area contributed by atoms with Crippen LogP contribution in [0.5, 0.6) is 0 Å². The Kier molecular flexibility index (Phi) is 8.72. The molecule has 0 spiro atoms. The number of aromatic nitrogens is 2. The first-order valence-electron chi connectivity index (χ1n) is 12.4. The summed E-state index contributed by atoms with van der Waals surface area (Å²) >= 11 is 0. The maximum Gasteiger partial charge on any atom is 0.339 e. The van der Waals surface area contributed by atoms with Gasteiger partial charge in [0.15, 0.2) is 0 Å². The van der Waals surface area contributed by atoms with Gasteiger partial charge in [-0.25, -0.2) is 9.59 Å². The third kappa shape index (κ3) is 6.50. The van der Waals surface area contributed by atoms with Gasteiger partial charge in [-0.2, -0.15) is 0 Å². The molecular formula is C28H28N4O7. The van der Waals surface area contributed by atoms with Crippen molar-refractivity contribution in [3.05, 3.63) is 99.1 Å². The number of fused-ring (bicyclic) bond motifs is 1. The fourth-order valence-corrected chi connectivity index (χ4v) is 4.18. The number of esters is 1. The van der Waals surface area contributed by atoms with Crippen LogP contribution >= 0.6 is 0 Å².